The highest BCUT2D eigenvalue weighted by molar-refractivity contribution is 5.94. The number of nitriles is 1. The summed E-state index contributed by atoms with van der Waals surface area (Å²) in [6.45, 7) is 6.52. The number of hydrogen-bond donors (Lipinski definition) is 2. The summed E-state index contributed by atoms with van der Waals surface area (Å²) >= 11 is 0. The molecule has 0 radical (unpaired) electrons. The zero-order valence-electron chi connectivity index (χ0n) is 14.0. The van der Waals surface area contributed by atoms with Gasteiger partial charge in [-0.25, -0.2) is 4.79 Å². The second-order valence-corrected chi connectivity index (χ2v) is 5.71. The lowest BCUT2D eigenvalue weighted by atomic mass is 10.1. The topological polar surface area (TPSA) is 86.9 Å². The number of carbonyl (C=O) groups is 2. The predicted molar refractivity (Wildman–Crippen MR) is 88.5 cm³/mol. The molecule has 0 aliphatic carbocycles. The SMILES string of the molecule is CCOC(=O)N1CC[NH+]([C@@H](C)C(=O)Nc2ccccc2C#N)CC1. The van der Waals surface area contributed by atoms with Gasteiger partial charge in [0.2, 0.25) is 0 Å². The fourth-order valence-corrected chi connectivity index (χ4v) is 2.74. The summed E-state index contributed by atoms with van der Waals surface area (Å²) in [6, 6.07) is 8.74. The average molecular weight is 331 g/mol. The molecule has 128 valence electrons. The number of amides is 2. The summed E-state index contributed by atoms with van der Waals surface area (Å²) in [5, 5.41) is 11.9. The van der Waals surface area contributed by atoms with Crippen molar-refractivity contribution < 1.29 is 19.2 Å². The van der Waals surface area contributed by atoms with E-state index >= 15 is 0 Å². The van der Waals surface area contributed by atoms with Gasteiger partial charge in [-0.3, -0.25) is 9.69 Å². The van der Waals surface area contributed by atoms with Gasteiger partial charge in [0.1, 0.15) is 6.07 Å². The van der Waals surface area contributed by atoms with Gasteiger partial charge < -0.3 is 15.0 Å². The van der Waals surface area contributed by atoms with Crippen molar-refractivity contribution >= 4 is 17.7 Å². The molecule has 1 heterocycles. The number of para-hydroxylation sites is 1. The minimum absolute atomic E-state index is 0.128. The van der Waals surface area contributed by atoms with Crippen molar-refractivity contribution in [2.45, 2.75) is 19.9 Å². The Morgan fingerprint density at radius 2 is 2.04 bits per heavy atom. The Bertz CT molecular complexity index is 633. The number of quaternary nitrogens is 1. The van der Waals surface area contributed by atoms with Crippen LogP contribution in [0.3, 0.4) is 0 Å². The molecule has 7 heteroatoms. The van der Waals surface area contributed by atoms with Crippen molar-refractivity contribution in [3.05, 3.63) is 29.8 Å². The normalized spacial score (nSPS) is 16.1. The number of rotatable bonds is 4. The first-order chi connectivity index (χ1) is 11.6. The van der Waals surface area contributed by atoms with Crippen molar-refractivity contribution in [2.75, 3.05) is 38.1 Å². The first-order valence-corrected chi connectivity index (χ1v) is 8.13. The average Bonchev–Trinajstić information content (AvgIpc) is 2.61. The van der Waals surface area contributed by atoms with E-state index in [0.29, 0.717) is 44.0 Å². The molecule has 7 nitrogen and oxygen atoms in total. The minimum atomic E-state index is -0.295. The van der Waals surface area contributed by atoms with Gasteiger partial charge in [0.15, 0.2) is 6.04 Å². The molecular weight excluding hydrogens is 308 g/mol. The first kappa shape index (κ1) is 17.8. The second kappa shape index (κ2) is 8.31. The molecule has 1 aromatic carbocycles. The number of carbonyl (C=O) groups excluding carboxylic acids is 2. The van der Waals surface area contributed by atoms with Gasteiger partial charge in [0, 0.05) is 0 Å². The number of hydrogen-bond acceptors (Lipinski definition) is 4. The van der Waals surface area contributed by atoms with E-state index in [1.165, 1.54) is 0 Å². The van der Waals surface area contributed by atoms with Crippen LogP contribution in [-0.4, -0.2) is 55.7 Å². The highest BCUT2D eigenvalue weighted by Gasteiger charge is 2.31. The first-order valence-electron chi connectivity index (χ1n) is 8.13. The molecule has 1 aliphatic heterocycles. The maximum atomic E-state index is 12.5. The summed E-state index contributed by atoms with van der Waals surface area (Å²) in [5.41, 5.74) is 0.974. The Labute approximate surface area is 141 Å². The van der Waals surface area contributed by atoms with E-state index in [4.69, 9.17) is 10.00 Å². The van der Waals surface area contributed by atoms with Crippen molar-refractivity contribution in [3.63, 3.8) is 0 Å². The largest absolute Gasteiger partial charge is 0.450 e. The molecule has 24 heavy (non-hydrogen) atoms. The van der Waals surface area contributed by atoms with Crippen LogP contribution in [0, 0.1) is 11.3 Å². The van der Waals surface area contributed by atoms with Crippen LogP contribution in [-0.2, 0) is 9.53 Å². The summed E-state index contributed by atoms with van der Waals surface area (Å²) in [6.07, 6.45) is -0.295. The van der Waals surface area contributed by atoms with Gasteiger partial charge >= 0.3 is 6.09 Å². The van der Waals surface area contributed by atoms with Crippen LogP contribution in [0.1, 0.15) is 19.4 Å². The Kier molecular flexibility index (Phi) is 6.15. The minimum Gasteiger partial charge on any atom is -0.450 e. The molecule has 2 N–H and O–H groups in total. The fourth-order valence-electron chi connectivity index (χ4n) is 2.74. The van der Waals surface area contributed by atoms with E-state index in [9.17, 15) is 9.59 Å². The number of ether oxygens (including phenoxy) is 1. The Balaban J connectivity index is 1.91. The molecular formula is C17H23N4O3+. The van der Waals surface area contributed by atoms with Crippen LogP contribution in [0.2, 0.25) is 0 Å². The molecule has 1 atom stereocenters. The predicted octanol–water partition coefficient (Wildman–Crippen LogP) is 0.242. The van der Waals surface area contributed by atoms with E-state index in [1.807, 2.05) is 6.92 Å². The van der Waals surface area contributed by atoms with Crippen molar-refractivity contribution in [2.24, 2.45) is 0 Å². The Hall–Kier alpha value is -2.59. The van der Waals surface area contributed by atoms with Crippen LogP contribution in [0.25, 0.3) is 0 Å². The molecule has 1 fully saturated rings. The summed E-state index contributed by atoms with van der Waals surface area (Å²) in [4.78, 5) is 26.9. The Morgan fingerprint density at radius 1 is 1.38 bits per heavy atom. The van der Waals surface area contributed by atoms with Gasteiger partial charge in [-0.2, -0.15) is 5.26 Å². The molecule has 2 amide bonds. The van der Waals surface area contributed by atoms with E-state index in [2.05, 4.69) is 11.4 Å². The van der Waals surface area contributed by atoms with Crippen LogP contribution in [0.15, 0.2) is 24.3 Å². The third-order valence-corrected chi connectivity index (χ3v) is 4.24. The molecule has 1 saturated heterocycles. The molecule has 0 spiro atoms. The fraction of sp³-hybridized carbons (Fsp3) is 0.471. The van der Waals surface area contributed by atoms with Crippen molar-refractivity contribution in [3.8, 4) is 6.07 Å². The highest BCUT2D eigenvalue weighted by atomic mass is 16.6. The van der Waals surface area contributed by atoms with Gasteiger partial charge in [-0.15, -0.1) is 0 Å². The van der Waals surface area contributed by atoms with Crippen LogP contribution in [0.5, 0.6) is 0 Å². The van der Waals surface area contributed by atoms with E-state index in [-0.39, 0.29) is 18.0 Å². The third-order valence-electron chi connectivity index (χ3n) is 4.24. The molecule has 2 rings (SSSR count). The highest BCUT2D eigenvalue weighted by Crippen LogP contribution is 2.13. The molecule has 0 aromatic heterocycles. The number of anilines is 1. The van der Waals surface area contributed by atoms with Gasteiger partial charge in [-0.05, 0) is 26.0 Å². The smallest absolute Gasteiger partial charge is 0.410 e. The number of benzene rings is 1. The number of nitrogens with one attached hydrogen (secondary N) is 2. The van der Waals surface area contributed by atoms with Crippen molar-refractivity contribution in [1.82, 2.24) is 4.90 Å². The lowest BCUT2D eigenvalue weighted by molar-refractivity contribution is -0.917. The molecule has 0 saturated carbocycles. The maximum Gasteiger partial charge on any atom is 0.410 e. The van der Waals surface area contributed by atoms with Crippen LogP contribution >= 0.6 is 0 Å². The third kappa shape index (κ3) is 4.24. The molecule has 1 aliphatic rings. The zero-order chi connectivity index (χ0) is 17.5. The monoisotopic (exact) mass is 331 g/mol. The van der Waals surface area contributed by atoms with E-state index < -0.39 is 0 Å². The lowest BCUT2D eigenvalue weighted by Crippen LogP contribution is -3.19. The van der Waals surface area contributed by atoms with E-state index in [0.717, 1.165) is 4.90 Å². The zero-order valence-corrected chi connectivity index (χ0v) is 14.0. The molecule has 0 unspecified atom stereocenters. The lowest BCUT2D eigenvalue weighted by Gasteiger charge is -2.34. The van der Waals surface area contributed by atoms with Crippen LogP contribution < -0.4 is 10.2 Å². The van der Waals surface area contributed by atoms with Crippen molar-refractivity contribution in [1.29, 1.82) is 5.26 Å². The number of nitrogens with zero attached hydrogens (tertiary/aromatic N) is 2. The Morgan fingerprint density at radius 3 is 2.67 bits per heavy atom. The number of piperazine rings is 1. The van der Waals surface area contributed by atoms with Gasteiger partial charge in [-0.1, -0.05) is 12.1 Å². The molecule has 1 aromatic rings. The summed E-state index contributed by atoms with van der Waals surface area (Å²) in [7, 11) is 0. The standard InChI is InChI=1S/C17H22N4O3/c1-3-24-17(23)21-10-8-20(9-11-21)13(2)16(22)19-15-7-5-4-6-14(15)12-18/h4-7,13H,3,8-11H2,1-2H3,(H,19,22)/p+1/t13-/m0/s1. The summed E-state index contributed by atoms with van der Waals surface area (Å²) in [5.74, 6) is -0.128. The van der Waals surface area contributed by atoms with Gasteiger partial charge in [0.25, 0.3) is 5.91 Å². The second-order valence-electron chi connectivity index (χ2n) is 5.71. The van der Waals surface area contributed by atoms with E-state index in [1.54, 1.807) is 36.1 Å². The molecule has 0 bridgehead atoms. The van der Waals surface area contributed by atoms with Gasteiger partial charge in [0.05, 0.1) is 44.0 Å². The quantitative estimate of drug-likeness (QED) is 0.828. The van der Waals surface area contributed by atoms with Crippen LogP contribution in [0.4, 0.5) is 10.5 Å². The maximum absolute atomic E-state index is 12.5. The summed E-state index contributed by atoms with van der Waals surface area (Å²) < 4.78 is 5.00.